The van der Waals surface area contributed by atoms with E-state index in [1.54, 1.807) is 0 Å². The Bertz CT molecular complexity index is 232. The molecule has 3 heteroatoms. The Labute approximate surface area is 92.8 Å². The van der Waals surface area contributed by atoms with E-state index in [4.69, 9.17) is 5.73 Å². The molecule has 0 spiro atoms. The SMILES string of the molecule is CC1CCCC(C(=O)NC(C)(C)C)C1N. The molecular formula is C12H24N2O. The number of nitrogens with one attached hydrogen (secondary N) is 1. The molecule has 1 aliphatic rings. The topological polar surface area (TPSA) is 55.1 Å². The first-order chi connectivity index (χ1) is 6.81. The summed E-state index contributed by atoms with van der Waals surface area (Å²) in [5.41, 5.74) is 5.93. The predicted molar refractivity (Wildman–Crippen MR) is 62.4 cm³/mol. The first-order valence-electron chi connectivity index (χ1n) is 5.89. The molecule has 3 nitrogen and oxygen atoms in total. The molecule has 15 heavy (non-hydrogen) atoms. The van der Waals surface area contributed by atoms with Gasteiger partial charge in [-0.25, -0.2) is 0 Å². The van der Waals surface area contributed by atoms with E-state index in [1.807, 2.05) is 20.8 Å². The van der Waals surface area contributed by atoms with E-state index in [-0.39, 0.29) is 23.4 Å². The Hall–Kier alpha value is -0.570. The molecule has 1 fully saturated rings. The zero-order chi connectivity index (χ0) is 11.6. The summed E-state index contributed by atoms with van der Waals surface area (Å²) < 4.78 is 0. The van der Waals surface area contributed by atoms with Gasteiger partial charge in [0.15, 0.2) is 0 Å². The van der Waals surface area contributed by atoms with Crippen molar-refractivity contribution < 1.29 is 4.79 Å². The van der Waals surface area contributed by atoms with Crippen LogP contribution in [0.5, 0.6) is 0 Å². The number of rotatable bonds is 1. The summed E-state index contributed by atoms with van der Waals surface area (Å²) >= 11 is 0. The molecule has 88 valence electrons. The van der Waals surface area contributed by atoms with E-state index in [0.29, 0.717) is 5.92 Å². The number of amides is 1. The van der Waals surface area contributed by atoms with Gasteiger partial charge in [0.1, 0.15) is 0 Å². The number of hydrogen-bond donors (Lipinski definition) is 2. The number of nitrogens with two attached hydrogens (primary N) is 1. The van der Waals surface area contributed by atoms with Gasteiger partial charge in [0.05, 0.1) is 5.92 Å². The molecule has 0 aliphatic heterocycles. The molecule has 1 saturated carbocycles. The van der Waals surface area contributed by atoms with Crippen molar-refractivity contribution in [2.75, 3.05) is 0 Å². The Morgan fingerprint density at radius 2 is 1.93 bits per heavy atom. The van der Waals surface area contributed by atoms with Gasteiger partial charge in [0.2, 0.25) is 5.91 Å². The van der Waals surface area contributed by atoms with Gasteiger partial charge in [-0.2, -0.15) is 0 Å². The van der Waals surface area contributed by atoms with Crippen molar-refractivity contribution in [3.8, 4) is 0 Å². The lowest BCUT2D eigenvalue weighted by Gasteiger charge is -2.34. The Balaban J connectivity index is 2.59. The van der Waals surface area contributed by atoms with E-state index in [2.05, 4.69) is 12.2 Å². The Morgan fingerprint density at radius 1 is 1.33 bits per heavy atom. The van der Waals surface area contributed by atoms with Crippen molar-refractivity contribution in [2.24, 2.45) is 17.6 Å². The maximum absolute atomic E-state index is 12.0. The molecule has 0 heterocycles. The summed E-state index contributed by atoms with van der Waals surface area (Å²) in [7, 11) is 0. The van der Waals surface area contributed by atoms with Crippen LogP contribution in [0.15, 0.2) is 0 Å². The fourth-order valence-electron chi connectivity index (χ4n) is 2.21. The van der Waals surface area contributed by atoms with Crippen molar-refractivity contribution in [2.45, 2.75) is 58.5 Å². The van der Waals surface area contributed by atoms with Crippen LogP contribution >= 0.6 is 0 Å². The third-order valence-electron chi connectivity index (χ3n) is 3.13. The highest BCUT2D eigenvalue weighted by Gasteiger charge is 2.33. The standard InChI is InChI=1S/C12H24N2O/c1-8-6-5-7-9(10(8)13)11(15)14-12(2,3)4/h8-10H,5-7,13H2,1-4H3,(H,14,15). The zero-order valence-electron chi connectivity index (χ0n) is 10.3. The van der Waals surface area contributed by atoms with Gasteiger partial charge in [-0.15, -0.1) is 0 Å². The quantitative estimate of drug-likeness (QED) is 0.694. The van der Waals surface area contributed by atoms with Crippen molar-refractivity contribution in [1.82, 2.24) is 5.32 Å². The highest BCUT2D eigenvalue weighted by atomic mass is 16.2. The largest absolute Gasteiger partial charge is 0.351 e. The van der Waals surface area contributed by atoms with Crippen LogP contribution in [0.2, 0.25) is 0 Å². The molecule has 3 atom stereocenters. The Morgan fingerprint density at radius 3 is 2.47 bits per heavy atom. The van der Waals surface area contributed by atoms with Gasteiger partial charge < -0.3 is 11.1 Å². The van der Waals surface area contributed by atoms with Crippen LogP contribution in [0.1, 0.15) is 47.0 Å². The van der Waals surface area contributed by atoms with Crippen molar-refractivity contribution >= 4 is 5.91 Å². The van der Waals surface area contributed by atoms with E-state index in [1.165, 1.54) is 0 Å². The summed E-state index contributed by atoms with van der Waals surface area (Å²) in [4.78, 5) is 12.0. The molecule has 1 rings (SSSR count). The molecule has 0 aromatic rings. The normalized spacial score (nSPS) is 32.5. The summed E-state index contributed by atoms with van der Waals surface area (Å²) in [6.45, 7) is 8.15. The highest BCUT2D eigenvalue weighted by molar-refractivity contribution is 5.80. The molecule has 0 aromatic carbocycles. The molecule has 0 aromatic heterocycles. The lowest BCUT2D eigenvalue weighted by Crippen LogP contribution is -2.51. The van der Waals surface area contributed by atoms with Gasteiger partial charge in [-0.05, 0) is 39.5 Å². The van der Waals surface area contributed by atoms with Crippen LogP contribution in [0.4, 0.5) is 0 Å². The number of carbonyl (C=O) groups is 1. The van der Waals surface area contributed by atoms with Crippen LogP contribution < -0.4 is 11.1 Å². The smallest absolute Gasteiger partial charge is 0.225 e. The maximum Gasteiger partial charge on any atom is 0.225 e. The lowest BCUT2D eigenvalue weighted by atomic mass is 9.77. The van der Waals surface area contributed by atoms with E-state index in [9.17, 15) is 4.79 Å². The third kappa shape index (κ3) is 3.49. The molecular weight excluding hydrogens is 188 g/mol. The first kappa shape index (κ1) is 12.5. The third-order valence-corrected chi connectivity index (χ3v) is 3.13. The number of hydrogen-bond acceptors (Lipinski definition) is 2. The van der Waals surface area contributed by atoms with Gasteiger partial charge in [0, 0.05) is 11.6 Å². The first-order valence-corrected chi connectivity index (χ1v) is 5.89. The van der Waals surface area contributed by atoms with Crippen LogP contribution in [0, 0.1) is 11.8 Å². The van der Waals surface area contributed by atoms with Crippen molar-refractivity contribution in [3.63, 3.8) is 0 Å². The monoisotopic (exact) mass is 212 g/mol. The van der Waals surface area contributed by atoms with E-state index in [0.717, 1.165) is 19.3 Å². The fourth-order valence-corrected chi connectivity index (χ4v) is 2.21. The maximum atomic E-state index is 12.0. The van der Waals surface area contributed by atoms with Crippen molar-refractivity contribution in [3.05, 3.63) is 0 Å². The summed E-state index contributed by atoms with van der Waals surface area (Å²) in [5, 5.41) is 3.02. The number of carbonyl (C=O) groups excluding carboxylic acids is 1. The molecule has 0 radical (unpaired) electrons. The van der Waals surface area contributed by atoms with Gasteiger partial charge in [-0.3, -0.25) is 4.79 Å². The summed E-state index contributed by atoms with van der Waals surface area (Å²) in [5.74, 6) is 0.601. The average molecular weight is 212 g/mol. The molecule has 3 N–H and O–H groups in total. The second-order valence-corrected chi connectivity index (χ2v) is 5.83. The van der Waals surface area contributed by atoms with Crippen LogP contribution in [-0.4, -0.2) is 17.5 Å². The van der Waals surface area contributed by atoms with Gasteiger partial charge in [0.25, 0.3) is 0 Å². The zero-order valence-corrected chi connectivity index (χ0v) is 10.3. The van der Waals surface area contributed by atoms with E-state index >= 15 is 0 Å². The van der Waals surface area contributed by atoms with Crippen LogP contribution in [0.25, 0.3) is 0 Å². The Kier molecular flexibility index (Phi) is 3.77. The molecule has 1 amide bonds. The highest BCUT2D eigenvalue weighted by Crippen LogP contribution is 2.28. The van der Waals surface area contributed by atoms with E-state index < -0.39 is 0 Å². The lowest BCUT2D eigenvalue weighted by molar-refractivity contribution is -0.128. The fraction of sp³-hybridized carbons (Fsp3) is 0.917. The van der Waals surface area contributed by atoms with Gasteiger partial charge in [-0.1, -0.05) is 13.3 Å². The minimum Gasteiger partial charge on any atom is -0.351 e. The average Bonchev–Trinajstić information content (AvgIpc) is 2.06. The summed E-state index contributed by atoms with van der Waals surface area (Å²) in [6, 6.07) is 0.0288. The van der Waals surface area contributed by atoms with Gasteiger partial charge >= 0.3 is 0 Å². The van der Waals surface area contributed by atoms with Crippen molar-refractivity contribution in [1.29, 1.82) is 0 Å². The molecule has 3 unspecified atom stereocenters. The van der Waals surface area contributed by atoms with Crippen LogP contribution in [-0.2, 0) is 4.79 Å². The summed E-state index contributed by atoms with van der Waals surface area (Å²) in [6.07, 6.45) is 3.21. The van der Waals surface area contributed by atoms with Crippen LogP contribution in [0.3, 0.4) is 0 Å². The second-order valence-electron chi connectivity index (χ2n) is 5.83. The minimum atomic E-state index is -0.155. The second kappa shape index (κ2) is 4.52. The predicted octanol–water partition coefficient (Wildman–Crippen LogP) is 1.66. The molecule has 0 bridgehead atoms. The molecule has 0 saturated heterocycles. The molecule has 1 aliphatic carbocycles. The minimum absolute atomic E-state index is 0.00738.